The molecular weight excluding hydrogens is 404 g/mol. The number of ether oxygens (including phenoxy) is 2. The van der Waals surface area contributed by atoms with Crippen LogP contribution in [0.25, 0.3) is 0 Å². The van der Waals surface area contributed by atoms with Gasteiger partial charge in [-0.2, -0.15) is 0 Å². The van der Waals surface area contributed by atoms with Crippen LogP contribution in [0.4, 0.5) is 5.69 Å². The molecule has 2 heterocycles. The summed E-state index contributed by atoms with van der Waals surface area (Å²) in [6.07, 6.45) is 6.98. The van der Waals surface area contributed by atoms with E-state index in [1.165, 1.54) is 12.8 Å². The van der Waals surface area contributed by atoms with E-state index >= 15 is 0 Å². The number of benzene rings is 1. The first-order chi connectivity index (χ1) is 15.6. The van der Waals surface area contributed by atoms with Crippen molar-refractivity contribution < 1.29 is 14.3 Å². The molecule has 0 aliphatic carbocycles. The summed E-state index contributed by atoms with van der Waals surface area (Å²) in [7, 11) is 1.83. The van der Waals surface area contributed by atoms with Crippen LogP contribution in [-0.4, -0.2) is 62.3 Å². The number of rotatable bonds is 8. The van der Waals surface area contributed by atoms with Crippen molar-refractivity contribution in [1.29, 1.82) is 0 Å². The van der Waals surface area contributed by atoms with Gasteiger partial charge in [0.15, 0.2) is 5.96 Å². The molecule has 2 N–H and O–H groups in total. The highest BCUT2D eigenvalue weighted by molar-refractivity contribution is 5.92. The summed E-state index contributed by atoms with van der Waals surface area (Å²) in [5.41, 5.74) is 1.95. The first-order valence-corrected chi connectivity index (χ1v) is 12.2. The average molecular weight is 445 g/mol. The molecule has 0 saturated carbocycles. The lowest BCUT2D eigenvalue weighted by atomic mass is 10.1. The molecule has 2 atom stereocenters. The Labute approximate surface area is 192 Å². The number of guanidine groups is 1. The normalized spacial score (nSPS) is 21.3. The lowest BCUT2D eigenvalue weighted by Crippen LogP contribution is -2.47. The van der Waals surface area contributed by atoms with Crippen LogP contribution in [0.15, 0.2) is 29.3 Å². The van der Waals surface area contributed by atoms with Crippen LogP contribution in [0, 0.1) is 5.92 Å². The van der Waals surface area contributed by atoms with E-state index in [1.54, 1.807) is 0 Å². The van der Waals surface area contributed by atoms with Crippen molar-refractivity contribution >= 4 is 17.6 Å². The molecule has 1 aromatic carbocycles. The molecule has 2 fully saturated rings. The number of hydrogen-bond donors (Lipinski definition) is 2. The predicted molar refractivity (Wildman–Crippen MR) is 129 cm³/mol. The highest BCUT2D eigenvalue weighted by atomic mass is 16.5. The van der Waals surface area contributed by atoms with Crippen molar-refractivity contribution in [2.45, 2.75) is 71.1 Å². The van der Waals surface area contributed by atoms with Crippen LogP contribution >= 0.6 is 0 Å². The zero-order valence-electron chi connectivity index (χ0n) is 19.9. The third kappa shape index (κ3) is 7.48. The molecule has 178 valence electrons. The summed E-state index contributed by atoms with van der Waals surface area (Å²) in [5, 5.41) is 6.48. The smallest absolute Gasteiger partial charge is 0.227 e. The second-order valence-corrected chi connectivity index (χ2v) is 8.91. The number of carbonyl (C=O) groups is 1. The third-order valence-corrected chi connectivity index (χ3v) is 6.45. The van der Waals surface area contributed by atoms with Crippen LogP contribution in [0.5, 0.6) is 0 Å². The maximum absolute atomic E-state index is 12.2. The maximum atomic E-state index is 12.2. The van der Waals surface area contributed by atoms with Gasteiger partial charge in [-0.3, -0.25) is 9.79 Å². The zero-order chi connectivity index (χ0) is 22.8. The number of anilines is 1. The number of piperidine rings is 1. The Kier molecular flexibility index (Phi) is 9.81. The lowest BCUT2D eigenvalue weighted by molar-refractivity contribution is -0.119. The van der Waals surface area contributed by atoms with E-state index in [0.29, 0.717) is 12.6 Å². The van der Waals surface area contributed by atoms with Gasteiger partial charge in [0, 0.05) is 44.9 Å². The molecule has 1 amide bonds. The molecule has 2 aliphatic rings. The minimum atomic E-state index is 0.0118. The van der Waals surface area contributed by atoms with Crippen LogP contribution in [0.3, 0.4) is 0 Å². The molecule has 3 rings (SSSR count). The van der Waals surface area contributed by atoms with E-state index in [9.17, 15) is 4.79 Å². The number of nitrogens with zero attached hydrogens (tertiary/aromatic N) is 2. The van der Waals surface area contributed by atoms with E-state index in [2.05, 4.69) is 26.6 Å². The van der Waals surface area contributed by atoms with Gasteiger partial charge in [-0.15, -0.1) is 0 Å². The molecule has 7 heteroatoms. The Balaban J connectivity index is 1.42. The molecule has 2 saturated heterocycles. The van der Waals surface area contributed by atoms with Gasteiger partial charge in [-0.1, -0.05) is 26.0 Å². The van der Waals surface area contributed by atoms with Gasteiger partial charge in [0.1, 0.15) is 0 Å². The monoisotopic (exact) mass is 444 g/mol. The molecule has 0 bridgehead atoms. The van der Waals surface area contributed by atoms with Crippen molar-refractivity contribution in [1.82, 2.24) is 10.2 Å². The first-order valence-electron chi connectivity index (χ1n) is 12.2. The van der Waals surface area contributed by atoms with E-state index < -0.39 is 0 Å². The van der Waals surface area contributed by atoms with Crippen LogP contribution in [-0.2, 0) is 20.8 Å². The molecule has 32 heavy (non-hydrogen) atoms. The molecule has 1 aromatic rings. The number of amides is 1. The van der Waals surface area contributed by atoms with E-state index in [0.717, 1.165) is 69.2 Å². The predicted octanol–water partition coefficient (Wildman–Crippen LogP) is 3.80. The fourth-order valence-electron chi connectivity index (χ4n) is 4.14. The van der Waals surface area contributed by atoms with Crippen LogP contribution < -0.4 is 10.6 Å². The second kappa shape index (κ2) is 12.8. The van der Waals surface area contributed by atoms with E-state index in [1.807, 2.05) is 39.1 Å². The van der Waals surface area contributed by atoms with Crippen molar-refractivity contribution in [2.24, 2.45) is 10.9 Å². The van der Waals surface area contributed by atoms with Crippen LogP contribution in [0.2, 0.25) is 0 Å². The minimum Gasteiger partial charge on any atom is -0.376 e. The Bertz CT molecular complexity index is 740. The summed E-state index contributed by atoms with van der Waals surface area (Å²) < 4.78 is 11.9. The van der Waals surface area contributed by atoms with Gasteiger partial charge in [0.05, 0.1) is 18.8 Å². The third-order valence-electron chi connectivity index (χ3n) is 6.45. The van der Waals surface area contributed by atoms with Gasteiger partial charge in [-0.05, 0) is 56.2 Å². The standard InChI is InChI=1S/C25H40N4O3/c1-4-19(2)24(30)28-21-9-7-8-20(16-21)17-27-25(26-3)29-13-11-22(12-14-29)32-18-23-10-5-6-15-31-23/h7-9,16,19,22-23H,4-6,10-15,17-18H2,1-3H3,(H,26,27)(H,28,30). The summed E-state index contributed by atoms with van der Waals surface area (Å²) in [6, 6.07) is 7.99. The van der Waals surface area contributed by atoms with Gasteiger partial charge >= 0.3 is 0 Å². The highest BCUT2D eigenvalue weighted by Gasteiger charge is 2.23. The van der Waals surface area contributed by atoms with Gasteiger partial charge in [0.25, 0.3) is 0 Å². The second-order valence-electron chi connectivity index (χ2n) is 8.91. The summed E-state index contributed by atoms with van der Waals surface area (Å²) in [5.74, 6) is 0.986. The molecule has 2 aliphatic heterocycles. The topological polar surface area (TPSA) is 75.2 Å². The number of carbonyl (C=O) groups excluding carboxylic acids is 1. The number of likely N-dealkylation sites (tertiary alicyclic amines) is 1. The summed E-state index contributed by atoms with van der Waals surface area (Å²) >= 11 is 0. The number of aliphatic imine (C=N–C) groups is 1. The molecule has 0 aromatic heterocycles. The Morgan fingerprint density at radius 3 is 2.78 bits per heavy atom. The Hall–Kier alpha value is -2.12. The van der Waals surface area contributed by atoms with Crippen LogP contribution in [0.1, 0.15) is 57.9 Å². The largest absolute Gasteiger partial charge is 0.376 e. The fraction of sp³-hybridized carbons (Fsp3) is 0.680. The maximum Gasteiger partial charge on any atom is 0.227 e. The lowest BCUT2D eigenvalue weighted by Gasteiger charge is -2.35. The minimum absolute atomic E-state index is 0.0118. The summed E-state index contributed by atoms with van der Waals surface area (Å²) in [6.45, 7) is 8.10. The van der Waals surface area contributed by atoms with Crippen molar-refractivity contribution in [3.63, 3.8) is 0 Å². The molecule has 7 nitrogen and oxygen atoms in total. The zero-order valence-corrected chi connectivity index (χ0v) is 19.9. The Morgan fingerprint density at radius 2 is 2.09 bits per heavy atom. The summed E-state index contributed by atoms with van der Waals surface area (Å²) in [4.78, 5) is 18.9. The van der Waals surface area contributed by atoms with Gasteiger partial charge in [0.2, 0.25) is 5.91 Å². The van der Waals surface area contributed by atoms with Crippen molar-refractivity contribution in [2.75, 3.05) is 38.7 Å². The molecule has 0 spiro atoms. The van der Waals surface area contributed by atoms with Crippen molar-refractivity contribution in [3.8, 4) is 0 Å². The fourth-order valence-corrected chi connectivity index (χ4v) is 4.14. The quantitative estimate of drug-likeness (QED) is 0.471. The number of hydrogen-bond acceptors (Lipinski definition) is 4. The van der Waals surface area contributed by atoms with Gasteiger partial charge < -0.3 is 25.0 Å². The van der Waals surface area contributed by atoms with E-state index in [-0.39, 0.29) is 17.9 Å². The van der Waals surface area contributed by atoms with Gasteiger partial charge in [-0.25, -0.2) is 0 Å². The highest BCUT2D eigenvalue weighted by Crippen LogP contribution is 2.18. The molecule has 0 radical (unpaired) electrons. The SMILES string of the molecule is CCC(C)C(=O)Nc1cccc(CNC(=NC)N2CCC(OCC3CCCCO3)CC2)c1. The first kappa shape index (κ1) is 24.5. The average Bonchev–Trinajstić information content (AvgIpc) is 2.84. The number of nitrogens with one attached hydrogen (secondary N) is 2. The molecular formula is C25H40N4O3. The van der Waals surface area contributed by atoms with E-state index in [4.69, 9.17) is 9.47 Å². The molecule has 2 unspecified atom stereocenters. The Morgan fingerprint density at radius 1 is 1.28 bits per heavy atom. The van der Waals surface area contributed by atoms with Crippen molar-refractivity contribution in [3.05, 3.63) is 29.8 Å².